The van der Waals surface area contributed by atoms with Gasteiger partial charge in [0.2, 0.25) is 0 Å². The zero-order valence-corrected chi connectivity index (χ0v) is 14.6. The predicted molar refractivity (Wildman–Crippen MR) is 89.6 cm³/mol. The Morgan fingerprint density at radius 1 is 1.19 bits per heavy atom. The molecule has 0 bridgehead atoms. The maximum absolute atomic E-state index is 4.67. The number of hydrogen-bond acceptors (Lipinski definition) is 2. The Kier molecular flexibility index (Phi) is 5.86. The minimum atomic E-state index is 0.400. The SMILES string of the molecule is CCC(NC(C)c1c(C)nn(CC)c1C)C1CCCCC1. The van der Waals surface area contributed by atoms with Crippen LogP contribution in [-0.4, -0.2) is 15.8 Å². The molecule has 0 aromatic carbocycles. The number of rotatable bonds is 6. The van der Waals surface area contributed by atoms with Crippen molar-refractivity contribution in [1.29, 1.82) is 0 Å². The lowest BCUT2D eigenvalue weighted by atomic mass is 9.82. The number of aryl methyl sites for hydroxylation is 2. The van der Waals surface area contributed by atoms with Crippen LogP contribution >= 0.6 is 0 Å². The van der Waals surface area contributed by atoms with E-state index in [0.717, 1.165) is 12.5 Å². The molecule has 2 atom stereocenters. The van der Waals surface area contributed by atoms with Gasteiger partial charge in [-0.05, 0) is 52.9 Å². The van der Waals surface area contributed by atoms with Gasteiger partial charge in [-0.3, -0.25) is 4.68 Å². The third kappa shape index (κ3) is 3.68. The van der Waals surface area contributed by atoms with Gasteiger partial charge in [0, 0.05) is 29.9 Å². The highest BCUT2D eigenvalue weighted by Crippen LogP contribution is 2.30. The molecule has 120 valence electrons. The Morgan fingerprint density at radius 3 is 2.38 bits per heavy atom. The summed E-state index contributed by atoms with van der Waals surface area (Å²) in [6.07, 6.45) is 8.32. The average Bonchev–Trinajstić information content (AvgIpc) is 2.79. The standard InChI is InChI=1S/C18H33N3/c1-6-17(16-11-9-8-10-12-16)19-13(3)18-14(4)20-21(7-2)15(18)5/h13,16-17,19H,6-12H2,1-5H3. The van der Waals surface area contributed by atoms with E-state index >= 15 is 0 Å². The summed E-state index contributed by atoms with van der Waals surface area (Å²) < 4.78 is 2.13. The second-order valence-electron chi connectivity index (χ2n) is 6.70. The molecule has 1 aromatic heterocycles. The first-order valence-electron chi connectivity index (χ1n) is 8.88. The van der Waals surface area contributed by atoms with Crippen molar-refractivity contribution in [3.05, 3.63) is 17.0 Å². The van der Waals surface area contributed by atoms with Gasteiger partial charge in [-0.1, -0.05) is 26.2 Å². The van der Waals surface area contributed by atoms with E-state index < -0.39 is 0 Å². The van der Waals surface area contributed by atoms with E-state index in [4.69, 9.17) is 0 Å². The fourth-order valence-corrected chi connectivity index (χ4v) is 4.17. The molecule has 0 aliphatic heterocycles. The van der Waals surface area contributed by atoms with Crippen molar-refractivity contribution in [2.24, 2.45) is 5.92 Å². The molecule has 1 aliphatic rings. The molecule has 21 heavy (non-hydrogen) atoms. The lowest BCUT2D eigenvalue weighted by molar-refractivity contribution is 0.249. The van der Waals surface area contributed by atoms with E-state index in [1.165, 1.54) is 55.5 Å². The molecule has 1 fully saturated rings. The average molecular weight is 291 g/mol. The molecule has 0 radical (unpaired) electrons. The number of nitrogens with one attached hydrogen (secondary N) is 1. The Hall–Kier alpha value is -0.830. The minimum Gasteiger partial charge on any atom is -0.307 e. The molecule has 0 spiro atoms. The van der Waals surface area contributed by atoms with Gasteiger partial charge >= 0.3 is 0 Å². The third-order valence-corrected chi connectivity index (χ3v) is 5.29. The summed E-state index contributed by atoms with van der Waals surface area (Å²) in [6, 6.07) is 1.06. The van der Waals surface area contributed by atoms with Crippen LogP contribution in [0.2, 0.25) is 0 Å². The van der Waals surface area contributed by atoms with Gasteiger partial charge in [0.25, 0.3) is 0 Å². The highest BCUT2D eigenvalue weighted by molar-refractivity contribution is 5.28. The van der Waals surface area contributed by atoms with E-state index in [0.29, 0.717) is 12.1 Å². The summed E-state index contributed by atoms with van der Waals surface area (Å²) in [6.45, 7) is 12.1. The fourth-order valence-electron chi connectivity index (χ4n) is 4.17. The highest BCUT2D eigenvalue weighted by Gasteiger charge is 2.25. The van der Waals surface area contributed by atoms with Crippen LogP contribution in [0.1, 0.15) is 82.3 Å². The predicted octanol–water partition coefficient (Wildman–Crippen LogP) is 4.53. The first-order valence-corrected chi connectivity index (χ1v) is 8.88. The molecule has 0 saturated heterocycles. The number of aromatic nitrogens is 2. The second kappa shape index (κ2) is 7.44. The molecule has 3 heteroatoms. The molecule has 1 N–H and O–H groups in total. The van der Waals surface area contributed by atoms with Crippen molar-refractivity contribution in [1.82, 2.24) is 15.1 Å². The molecule has 1 heterocycles. The number of nitrogens with zero attached hydrogens (tertiary/aromatic N) is 2. The zero-order valence-electron chi connectivity index (χ0n) is 14.6. The summed E-state index contributed by atoms with van der Waals surface area (Å²) in [7, 11) is 0. The van der Waals surface area contributed by atoms with Crippen molar-refractivity contribution in [2.45, 2.75) is 91.8 Å². The topological polar surface area (TPSA) is 29.9 Å². The molecule has 1 saturated carbocycles. The van der Waals surface area contributed by atoms with Crippen LogP contribution < -0.4 is 5.32 Å². The van der Waals surface area contributed by atoms with E-state index in [1.54, 1.807) is 0 Å². The van der Waals surface area contributed by atoms with Crippen molar-refractivity contribution in [3.8, 4) is 0 Å². The molecular weight excluding hydrogens is 258 g/mol. The summed E-state index contributed by atoms with van der Waals surface area (Å²) in [4.78, 5) is 0. The van der Waals surface area contributed by atoms with Crippen molar-refractivity contribution < 1.29 is 0 Å². The van der Waals surface area contributed by atoms with Gasteiger partial charge in [0.15, 0.2) is 0 Å². The first-order chi connectivity index (χ1) is 10.1. The maximum Gasteiger partial charge on any atom is 0.0644 e. The van der Waals surface area contributed by atoms with E-state index in [1.807, 2.05) is 0 Å². The molecule has 1 aromatic rings. The first kappa shape index (κ1) is 16.5. The van der Waals surface area contributed by atoms with Gasteiger partial charge < -0.3 is 5.32 Å². The van der Waals surface area contributed by atoms with Gasteiger partial charge in [-0.2, -0.15) is 5.10 Å². The van der Waals surface area contributed by atoms with Crippen LogP contribution in [0, 0.1) is 19.8 Å². The molecular formula is C18H33N3. The Bertz CT molecular complexity index is 444. The van der Waals surface area contributed by atoms with E-state index in [2.05, 4.69) is 49.7 Å². The van der Waals surface area contributed by atoms with Crippen molar-refractivity contribution in [2.75, 3.05) is 0 Å². The summed E-state index contributed by atoms with van der Waals surface area (Å²) in [5.74, 6) is 0.869. The quantitative estimate of drug-likeness (QED) is 0.834. The summed E-state index contributed by atoms with van der Waals surface area (Å²) >= 11 is 0. The van der Waals surface area contributed by atoms with Gasteiger partial charge in [0.05, 0.1) is 5.69 Å². The normalized spacial score (nSPS) is 19.7. The van der Waals surface area contributed by atoms with E-state index in [9.17, 15) is 0 Å². The fraction of sp³-hybridized carbons (Fsp3) is 0.833. The number of hydrogen-bond donors (Lipinski definition) is 1. The Morgan fingerprint density at radius 2 is 1.86 bits per heavy atom. The maximum atomic E-state index is 4.67. The van der Waals surface area contributed by atoms with Gasteiger partial charge in [0.1, 0.15) is 0 Å². The summed E-state index contributed by atoms with van der Waals surface area (Å²) in [5.41, 5.74) is 3.92. The zero-order chi connectivity index (χ0) is 15.4. The molecule has 3 nitrogen and oxygen atoms in total. The van der Waals surface area contributed by atoms with Crippen LogP contribution in [0.4, 0.5) is 0 Å². The van der Waals surface area contributed by atoms with Crippen molar-refractivity contribution in [3.63, 3.8) is 0 Å². The minimum absolute atomic E-state index is 0.400. The van der Waals surface area contributed by atoms with Crippen LogP contribution in [0.3, 0.4) is 0 Å². The second-order valence-corrected chi connectivity index (χ2v) is 6.70. The molecule has 2 rings (SSSR count). The van der Waals surface area contributed by atoms with Crippen LogP contribution in [0.25, 0.3) is 0 Å². The highest BCUT2D eigenvalue weighted by atomic mass is 15.3. The lowest BCUT2D eigenvalue weighted by Gasteiger charge is -2.32. The van der Waals surface area contributed by atoms with Crippen LogP contribution in [-0.2, 0) is 6.54 Å². The molecule has 0 amide bonds. The molecule has 2 unspecified atom stereocenters. The van der Waals surface area contributed by atoms with Crippen LogP contribution in [0.5, 0.6) is 0 Å². The summed E-state index contributed by atoms with van der Waals surface area (Å²) in [5, 5.41) is 8.59. The van der Waals surface area contributed by atoms with E-state index in [-0.39, 0.29) is 0 Å². The van der Waals surface area contributed by atoms with Crippen LogP contribution in [0.15, 0.2) is 0 Å². The monoisotopic (exact) mass is 291 g/mol. The third-order valence-electron chi connectivity index (χ3n) is 5.29. The van der Waals surface area contributed by atoms with Crippen molar-refractivity contribution >= 4 is 0 Å². The largest absolute Gasteiger partial charge is 0.307 e. The van der Waals surface area contributed by atoms with Gasteiger partial charge in [-0.25, -0.2) is 0 Å². The Labute approximate surface area is 130 Å². The smallest absolute Gasteiger partial charge is 0.0644 e. The lowest BCUT2D eigenvalue weighted by Crippen LogP contribution is -2.38. The molecule has 1 aliphatic carbocycles. The Balaban J connectivity index is 2.08. The van der Waals surface area contributed by atoms with Gasteiger partial charge in [-0.15, -0.1) is 0 Å².